The van der Waals surface area contributed by atoms with Gasteiger partial charge in [-0.1, -0.05) is 54.2 Å². The van der Waals surface area contributed by atoms with Gasteiger partial charge in [0.25, 0.3) is 5.56 Å². The number of carbonyl (C=O) groups is 1. The summed E-state index contributed by atoms with van der Waals surface area (Å²) in [6, 6.07) is 18.2. The van der Waals surface area contributed by atoms with E-state index in [1.54, 1.807) is 19.1 Å². The van der Waals surface area contributed by atoms with Crippen molar-refractivity contribution < 1.29 is 9.53 Å². The molecule has 1 aromatic heterocycles. The van der Waals surface area contributed by atoms with Gasteiger partial charge in [-0.3, -0.25) is 9.59 Å². The molecule has 0 saturated carbocycles. The molecule has 3 rings (SSSR count). The van der Waals surface area contributed by atoms with Crippen molar-refractivity contribution in [3.05, 3.63) is 71.0 Å². The zero-order valence-electron chi connectivity index (χ0n) is 15.6. The number of amides is 1. The van der Waals surface area contributed by atoms with Crippen LogP contribution >= 0.6 is 11.8 Å². The molecule has 1 atom stereocenters. The van der Waals surface area contributed by atoms with Crippen LogP contribution in [0.3, 0.4) is 0 Å². The van der Waals surface area contributed by atoms with Crippen molar-refractivity contribution in [3.8, 4) is 17.0 Å². The van der Waals surface area contributed by atoms with Gasteiger partial charge in [0.15, 0.2) is 5.16 Å². The van der Waals surface area contributed by atoms with E-state index in [0.717, 1.165) is 5.56 Å². The van der Waals surface area contributed by atoms with Crippen LogP contribution in [0.2, 0.25) is 0 Å². The van der Waals surface area contributed by atoms with E-state index in [1.165, 1.54) is 17.8 Å². The summed E-state index contributed by atoms with van der Waals surface area (Å²) in [5.41, 5.74) is 1.77. The van der Waals surface area contributed by atoms with Gasteiger partial charge in [0.05, 0.1) is 23.2 Å². The largest absolute Gasteiger partial charge is 0.492 e. The SMILES string of the molecule is CCOc1ccccc1NC(=O)[C@H](C)Sc1nc(-c2ccccc2)cc(=O)[nH]1. The minimum Gasteiger partial charge on any atom is -0.492 e. The van der Waals surface area contributed by atoms with Crippen LogP contribution in [0.15, 0.2) is 70.6 Å². The van der Waals surface area contributed by atoms with Crippen LogP contribution in [0.4, 0.5) is 5.69 Å². The highest BCUT2D eigenvalue weighted by Gasteiger charge is 2.18. The first kappa shape index (κ1) is 19.7. The molecule has 0 unspecified atom stereocenters. The Labute approximate surface area is 167 Å². The maximum atomic E-state index is 12.6. The number of aromatic amines is 1. The summed E-state index contributed by atoms with van der Waals surface area (Å²) in [4.78, 5) is 31.8. The molecule has 0 spiro atoms. The third-order valence-corrected chi connectivity index (χ3v) is 4.88. The van der Waals surface area contributed by atoms with Crippen molar-refractivity contribution in [1.82, 2.24) is 9.97 Å². The van der Waals surface area contributed by atoms with E-state index in [4.69, 9.17) is 4.74 Å². The van der Waals surface area contributed by atoms with Crippen molar-refractivity contribution in [2.75, 3.05) is 11.9 Å². The van der Waals surface area contributed by atoms with Gasteiger partial charge in [-0.05, 0) is 26.0 Å². The van der Waals surface area contributed by atoms with E-state index in [2.05, 4.69) is 15.3 Å². The third-order valence-electron chi connectivity index (χ3n) is 3.89. The normalized spacial score (nSPS) is 11.6. The van der Waals surface area contributed by atoms with Crippen molar-refractivity contribution in [2.24, 2.45) is 0 Å². The zero-order chi connectivity index (χ0) is 19.9. The molecule has 0 saturated heterocycles. The summed E-state index contributed by atoms with van der Waals surface area (Å²) in [7, 11) is 0. The van der Waals surface area contributed by atoms with Crippen molar-refractivity contribution in [3.63, 3.8) is 0 Å². The molecule has 0 aliphatic heterocycles. The summed E-state index contributed by atoms with van der Waals surface area (Å²) in [5, 5.41) is 2.80. The predicted octanol–water partition coefficient (Wildman–Crippen LogP) is 3.95. The van der Waals surface area contributed by atoms with E-state index in [0.29, 0.717) is 28.9 Å². The molecule has 0 fully saturated rings. The molecule has 0 radical (unpaired) electrons. The molecule has 7 heteroatoms. The van der Waals surface area contributed by atoms with Gasteiger partial charge < -0.3 is 15.0 Å². The summed E-state index contributed by atoms with van der Waals surface area (Å²) in [6.07, 6.45) is 0. The lowest BCUT2D eigenvalue weighted by Crippen LogP contribution is -2.23. The second-order valence-corrected chi connectivity index (χ2v) is 7.31. The van der Waals surface area contributed by atoms with Gasteiger partial charge >= 0.3 is 0 Å². The van der Waals surface area contributed by atoms with Gasteiger partial charge in [-0.25, -0.2) is 4.98 Å². The molecule has 144 valence electrons. The smallest absolute Gasteiger partial charge is 0.252 e. The average Bonchev–Trinajstić information content (AvgIpc) is 2.70. The number of hydrogen-bond donors (Lipinski definition) is 2. The monoisotopic (exact) mass is 395 g/mol. The summed E-state index contributed by atoms with van der Waals surface area (Å²) < 4.78 is 5.53. The van der Waals surface area contributed by atoms with Crippen LogP contribution in [0, 0.1) is 0 Å². The summed E-state index contributed by atoms with van der Waals surface area (Å²) >= 11 is 1.19. The predicted molar refractivity (Wildman–Crippen MR) is 112 cm³/mol. The fourth-order valence-electron chi connectivity index (χ4n) is 2.55. The van der Waals surface area contributed by atoms with Crippen molar-refractivity contribution in [2.45, 2.75) is 24.3 Å². The highest BCUT2D eigenvalue weighted by atomic mass is 32.2. The highest BCUT2D eigenvalue weighted by molar-refractivity contribution is 8.00. The molecular weight excluding hydrogens is 374 g/mol. The first-order chi connectivity index (χ1) is 13.6. The summed E-state index contributed by atoms with van der Waals surface area (Å²) in [6.45, 7) is 4.16. The van der Waals surface area contributed by atoms with Crippen molar-refractivity contribution >= 4 is 23.4 Å². The molecule has 0 aliphatic carbocycles. The maximum Gasteiger partial charge on any atom is 0.252 e. The van der Waals surface area contributed by atoms with E-state index >= 15 is 0 Å². The lowest BCUT2D eigenvalue weighted by atomic mass is 10.1. The van der Waals surface area contributed by atoms with Gasteiger partial charge in [0, 0.05) is 11.6 Å². The molecule has 0 bridgehead atoms. The van der Waals surface area contributed by atoms with Crippen LogP contribution in [-0.2, 0) is 4.79 Å². The van der Waals surface area contributed by atoms with E-state index in [-0.39, 0.29) is 11.5 Å². The standard InChI is InChI=1S/C21H21N3O3S/c1-3-27-18-12-8-7-11-16(18)22-20(26)14(2)28-21-23-17(13-19(25)24-21)15-9-5-4-6-10-15/h4-14H,3H2,1-2H3,(H,22,26)(H,23,24,25)/t14-/m0/s1. The van der Waals surface area contributed by atoms with Crippen LogP contribution in [0.5, 0.6) is 5.75 Å². The maximum absolute atomic E-state index is 12.6. The number of para-hydroxylation sites is 2. The lowest BCUT2D eigenvalue weighted by Gasteiger charge is -2.14. The molecule has 1 amide bonds. The number of benzene rings is 2. The Balaban J connectivity index is 1.74. The Morgan fingerprint density at radius 3 is 2.64 bits per heavy atom. The molecule has 0 aliphatic rings. The molecule has 6 nitrogen and oxygen atoms in total. The number of H-pyrrole nitrogens is 1. The highest BCUT2D eigenvalue weighted by Crippen LogP contribution is 2.26. The second-order valence-electron chi connectivity index (χ2n) is 5.98. The number of ether oxygens (including phenoxy) is 1. The van der Waals surface area contributed by atoms with Gasteiger partial charge in [0.1, 0.15) is 5.75 Å². The van der Waals surface area contributed by atoms with E-state index in [9.17, 15) is 9.59 Å². The molecule has 28 heavy (non-hydrogen) atoms. The number of nitrogens with one attached hydrogen (secondary N) is 2. The van der Waals surface area contributed by atoms with E-state index in [1.807, 2.05) is 49.4 Å². The third kappa shape index (κ3) is 5.01. The van der Waals surface area contributed by atoms with Crippen LogP contribution in [0.1, 0.15) is 13.8 Å². The Morgan fingerprint density at radius 2 is 1.89 bits per heavy atom. The number of thioether (sulfide) groups is 1. The van der Waals surface area contributed by atoms with Gasteiger partial charge in [-0.15, -0.1) is 0 Å². The number of hydrogen-bond acceptors (Lipinski definition) is 5. The molecule has 3 aromatic rings. The molecular formula is C21H21N3O3S. The molecule has 1 heterocycles. The number of nitrogens with zero attached hydrogens (tertiary/aromatic N) is 1. The van der Waals surface area contributed by atoms with Crippen molar-refractivity contribution in [1.29, 1.82) is 0 Å². The first-order valence-electron chi connectivity index (χ1n) is 8.93. The summed E-state index contributed by atoms with van der Waals surface area (Å²) in [5.74, 6) is 0.415. The zero-order valence-corrected chi connectivity index (χ0v) is 16.5. The lowest BCUT2D eigenvalue weighted by molar-refractivity contribution is -0.115. The van der Waals surface area contributed by atoms with Crippen LogP contribution < -0.4 is 15.6 Å². The fraction of sp³-hybridized carbons (Fsp3) is 0.190. The average molecular weight is 395 g/mol. The topological polar surface area (TPSA) is 84.1 Å². The minimum absolute atomic E-state index is 0.204. The number of aromatic nitrogens is 2. The Morgan fingerprint density at radius 1 is 1.18 bits per heavy atom. The van der Waals surface area contributed by atoms with Gasteiger partial charge in [-0.2, -0.15) is 0 Å². The molecule has 2 N–H and O–H groups in total. The number of rotatable bonds is 7. The minimum atomic E-state index is -0.469. The van der Waals surface area contributed by atoms with Gasteiger partial charge in [0.2, 0.25) is 5.91 Å². The Bertz CT molecular complexity index is 1010. The van der Waals surface area contributed by atoms with Crippen LogP contribution in [0.25, 0.3) is 11.3 Å². The Kier molecular flexibility index (Phi) is 6.49. The van der Waals surface area contributed by atoms with Crippen LogP contribution in [-0.4, -0.2) is 27.7 Å². The number of carbonyl (C=O) groups excluding carboxylic acids is 1. The second kappa shape index (κ2) is 9.23. The first-order valence-corrected chi connectivity index (χ1v) is 9.81. The Hall–Kier alpha value is -3.06. The fourth-order valence-corrected chi connectivity index (χ4v) is 3.37. The number of anilines is 1. The quantitative estimate of drug-likeness (QED) is 0.467. The van der Waals surface area contributed by atoms with E-state index < -0.39 is 5.25 Å². The molecule has 2 aromatic carbocycles.